The summed E-state index contributed by atoms with van der Waals surface area (Å²) in [6, 6.07) is 12.4. The average molecular weight is 351 g/mol. The first kappa shape index (κ1) is 17.5. The molecule has 0 radical (unpaired) electrons. The van der Waals surface area contributed by atoms with Gasteiger partial charge in [-0.3, -0.25) is 9.59 Å². The SMILES string of the molecule is C=CC(=O)N(C)c1ccc(C(=O)Nc2ccc3c(c2)N(C)CCO3)cc1. The highest BCUT2D eigenvalue weighted by Crippen LogP contribution is 2.33. The lowest BCUT2D eigenvalue weighted by molar-refractivity contribution is -0.113. The second-order valence-corrected chi connectivity index (χ2v) is 6.05. The number of carbonyl (C=O) groups excluding carboxylic acids is 2. The van der Waals surface area contributed by atoms with Gasteiger partial charge >= 0.3 is 0 Å². The van der Waals surface area contributed by atoms with Crippen molar-refractivity contribution in [1.29, 1.82) is 0 Å². The van der Waals surface area contributed by atoms with E-state index in [0.29, 0.717) is 23.5 Å². The normalized spacial score (nSPS) is 12.6. The van der Waals surface area contributed by atoms with Crippen LogP contribution in [0.15, 0.2) is 55.1 Å². The van der Waals surface area contributed by atoms with Crippen molar-refractivity contribution in [2.24, 2.45) is 0 Å². The number of likely N-dealkylation sites (N-methyl/N-ethyl adjacent to an activating group) is 2. The molecule has 3 rings (SSSR count). The van der Waals surface area contributed by atoms with Gasteiger partial charge in [0.25, 0.3) is 5.91 Å². The van der Waals surface area contributed by atoms with Gasteiger partial charge < -0.3 is 19.9 Å². The molecular formula is C20H21N3O3. The Morgan fingerprint density at radius 1 is 1.23 bits per heavy atom. The Labute approximate surface area is 152 Å². The highest BCUT2D eigenvalue weighted by Gasteiger charge is 2.16. The van der Waals surface area contributed by atoms with Crippen LogP contribution in [0, 0.1) is 0 Å². The lowest BCUT2D eigenvalue weighted by Crippen LogP contribution is -2.28. The van der Waals surface area contributed by atoms with E-state index in [1.807, 2.05) is 25.2 Å². The van der Waals surface area contributed by atoms with Crippen LogP contribution in [-0.4, -0.2) is 39.1 Å². The summed E-state index contributed by atoms with van der Waals surface area (Å²) in [6.07, 6.45) is 1.25. The number of hydrogen-bond donors (Lipinski definition) is 1. The number of ether oxygens (including phenoxy) is 1. The number of amides is 2. The van der Waals surface area contributed by atoms with Crippen LogP contribution >= 0.6 is 0 Å². The van der Waals surface area contributed by atoms with Crippen LogP contribution in [0.2, 0.25) is 0 Å². The molecule has 6 nitrogen and oxygen atoms in total. The molecule has 0 aliphatic carbocycles. The molecule has 1 N–H and O–H groups in total. The summed E-state index contributed by atoms with van der Waals surface area (Å²) >= 11 is 0. The van der Waals surface area contributed by atoms with Crippen molar-refractivity contribution >= 4 is 28.9 Å². The minimum Gasteiger partial charge on any atom is -0.490 e. The van der Waals surface area contributed by atoms with Crippen molar-refractivity contribution in [2.75, 3.05) is 42.4 Å². The number of fused-ring (bicyclic) bond motifs is 1. The van der Waals surface area contributed by atoms with Crippen LogP contribution < -0.4 is 19.9 Å². The molecular weight excluding hydrogens is 330 g/mol. The smallest absolute Gasteiger partial charge is 0.255 e. The molecule has 134 valence electrons. The maximum absolute atomic E-state index is 12.5. The zero-order chi connectivity index (χ0) is 18.7. The molecule has 0 spiro atoms. The van der Waals surface area contributed by atoms with Crippen molar-refractivity contribution in [3.63, 3.8) is 0 Å². The van der Waals surface area contributed by atoms with Crippen molar-refractivity contribution < 1.29 is 14.3 Å². The second kappa shape index (κ2) is 7.31. The maximum Gasteiger partial charge on any atom is 0.255 e. The van der Waals surface area contributed by atoms with E-state index >= 15 is 0 Å². The Balaban J connectivity index is 1.73. The lowest BCUT2D eigenvalue weighted by atomic mass is 10.1. The standard InChI is InChI=1S/C20H21N3O3/c1-4-19(24)23(3)16-8-5-14(6-9-16)20(25)21-15-7-10-18-17(13-15)22(2)11-12-26-18/h4-10,13H,1,11-12H2,2-3H3,(H,21,25). The molecule has 2 amide bonds. The van der Waals surface area contributed by atoms with Gasteiger partial charge in [0.2, 0.25) is 5.91 Å². The number of carbonyl (C=O) groups is 2. The topological polar surface area (TPSA) is 61.9 Å². The fourth-order valence-corrected chi connectivity index (χ4v) is 2.73. The van der Waals surface area contributed by atoms with Gasteiger partial charge in [0.05, 0.1) is 12.2 Å². The van der Waals surface area contributed by atoms with Gasteiger partial charge in [0, 0.05) is 31.0 Å². The van der Waals surface area contributed by atoms with Gasteiger partial charge in [-0.15, -0.1) is 0 Å². The quantitative estimate of drug-likeness (QED) is 0.861. The van der Waals surface area contributed by atoms with E-state index < -0.39 is 0 Å². The van der Waals surface area contributed by atoms with Crippen LogP contribution in [0.4, 0.5) is 17.1 Å². The van der Waals surface area contributed by atoms with Gasteiger partial charge in [0.15, 0.2) is 0 Å². The Morgan fingerprint density at radius 2 is 1.96 bits per heavy atom. The van der Waals surface area contributed by atoms with E-state index in [1.165, 1.54) is 11.0 Å². The summed E-state index contributed by atoms with van der Waals surface area (Å²) in [4.78, 5) is 27.7. The van der Waals surface area contributed by atoms with Crippen LogP contribution in [0.25, 0.3) is 0 Å². The van der Waals surface area contributed by atoms with E-state index in [-0.39, 0.29) is 11.8 Å². The first-order chi connectivity index (χ1) is 12.5. The fourth-order valence-electron chi connectivity index (χ4n) is 2.73. The summed E-state index contributed by atoms with van der Waals surface area (Å²) in [5.41, 5.74) is 2.86. The number of hydrogen-bond acceptors (Lipinski definition) is 4. The van der Waals surface area contributed by atoms with E-state index in [9.17, 15) is 9.59 Å². The fraction of sp³-hybridized carbons (Fsp3) is 0.200. The first-order valence-corrected chi connectivity index (χ1v) is 8.29. The van der Waals surface area contributed by atoms with Crippen LogP contribution in [0.1, 0.15) is 10.4 Å². The second-order valence-electron chi connectivity index (χ2n) is 6.05. The summed E-state index contributed by atoms with van der Waals surface area (Å²) in [5.74, 6) is 0.396. The molecule has 2 aromatic carbocycles. The van der Waals surface area contributed by atoms with E-state index in [4.69, 9.17) is 4.74 Å². The van der Waals surface area contributed by atoms with Crippen LogP contribution in [-0.2, 0) is 4.79 Å². The Hall–Kier alpha value is -3.28. The Bertz CT molecular complexity index is 846. The predicted molar refractivity (Wildman–Crippen MR) is 103 cm³/mol. The average Bonchev–Trinajstić information content (AvgIpc) is 2.67. The third-order valence-electron chi connectivity index (χ3n) is 4.33. The molecule has 0 bridgehead atoms. The van der Waals surface area contributed by atoms with Crippen molar-refractivity contribution in [3.05, 3.63) is 60.7 Å². The highest BCUT2D eigenvalue weighted by atomic mass is 16.5. The molecule has 1 heterocycles. The highest BCUT2D eigenvalue weighted by molar-refractivity contribution is 6.05. The summed E-state index contributed by atoms with van der Waals surface area (Å²) < 4.78 is 5.61. The summed E-state index contributed by atoms with van der Waals surface area (Å²) in [6.45, 7) is 4.93. The van der Waals surface area contributed by atoms with Crippen molar-refractivity contribution in [1.82, 2.24) is 0 Å². The number of nitrogens with zero attached hydrogens (tertiary/aromatic N) is 2. The Kier molecular flexibility index (Phi) is 4.93. The van der Waals surface area contributed by atoms with Gasteiger partial charge in [-0.1, -0.05) is 6.58 Å². The predicted octanol–water partition coefficient (Wildman–Crippen LogP) is 2.92. The minimum absolute atomic E-state index is 0.206. The van der Waals surface area contributed by atoms with Crippen LogP contribution in [0.5, 0.6) is 5.75 Å². The van der Waals surface area contributed by atoms with Crippen LogP contribution in [0.3, 0.4) is 0 Å². The number of nitrogens with one attached hydrogen (secondary N) is 1. The van der Waals surface area contributed by atoms with Gasteiger partial charge in [-0.2, -0.15) is 0 Å². The molecule has 0 saturated heterocycles. The first-order valence-electron chi connectivity index (χ1n) is 8.29. The van der Waals surface area contributed by atoms with E-state index in [1.54, 1.807) is 31.3 Å². The summed E-state index contributed by atoms with van der Waals surface area (Å²) in [7, 11) is 3.65. The Morgan fingerprint density at radius 3 is 2.65 bits per heavy atom. The van der Waals surface area contributed by atoms with Gasteiger partial charge in [-0.05, 0) is 48.5 Å². The molecule has 0 fully saturated rings. The molecule has 2 aromatic rings. The molecule has 26 heavy (non-hydrogen) atoms. The zero-order valence-electron chi connectivity index (χ0n) is 14.9. The number of benzene rings is 2. The zero-order valence-corrected chi connectivity index (χ0v) is 14.9. The molecule has 0 saturated carbocycles. The maximum atomic E-state index is 12.5. The lowest BCUT2D eigenvalue weighted by Gasteiger charge is -2.28. The summed E-state index contributed by atoms with van der Waals surface area (Å²) in [5, 5.41) is 2.89. The number of anilines is 3. The largest absolute Gasteiger partial charge is 0.490 e. The number of rotatable bonds is 4. The van der Waals surface area contributed by atoms with Gasteiger partial charge in [0.1, 0.15) is 12.4 Å². The van der Waals surface area contributed by atoms with Crippen molar-refractivity contribution in [3.8, 4) is 5.75 Å². The van der Waals surface area contributed by atoms with E-state index in [2.05, 4.69) is 16.8 Å². The monoisotopic (exact) mass is 351 g/mol. The van der Waals surface area contributed by atoms with Gasteiger partial charge in [-0.25, -0.2) is 0 Å². The molecule has 6 heteroatoms. The molecule has 1 aliphatic rings. The third-order valence-corrected chi connectivity index (χ3v) is 4.33. The minimum atomic E-state index is -0.214. The molecule has 0 aromatic heterocycles. The third kappa shape index (κ3) is 3.54. The van der Waals surface area contributed by atoms with E-state index in [0.717, 1.165) is 18.0 Å². The molecule has 0 atom stereocenters. The molecule has 0 unspecified atom stereocenters. The molecule has 1 aliphatic heterocycles. The van der Waals surface area contributed by atoms with Crippen molar-refractivity contribution in [2.45, 2.75) is 0 Å².